The monoisotopic (exact) mass is 336 g/mol. The Morgan fingerprint density at radius 3 is 2.70 bits per heavy atom. The number of methoxy groups -OCH3 is 1. The maximum absolute atomic E-state index is 12.6. The van der Waals surface area contributed by atoms with Crippen LogP contribution in [0.15, 0.2) is 30.7 Å². The van der Waals surface area contributed by atoms with Gasteiger partial charge >= 0.3 is 5.97 Å². The molecular weight excluding hydrogens is 316 g/mol. The summed E-state index contributed by atoms with van der Waals surface area (Å²) < 4.78 is 8.18. The first-order valence-corrected chi connectivity index (χ1v) is 8.50. The molecule has 8 heteroatoms. The van der Waals surface area contributed by atoms with Crippen LogP contribution in [0.1, 0.15) is 16.8 Å². The number of esters is 1. The van der Waals surface area contributed by atoms with Gasteiger partial charge in [0.15, 0.2) is 0 Å². The minimum absolute atomic E-state index is 0.349. The van der Waals surface area contributed by atoms with Crippen molar-refractivity contribution in [1.82, 2.24) is 19.7 Å². The maximum Gasteiger partial charge on any atom is 0.328 e. The number of amides is 1. The molecule has 1 unspecified atom stereocenters. The molecule has 0 bridgehead atoms. The quantitative estimate of drug-likeness (QED) is 0.770. The highest BCUT2D eigenvalue weighted by atomic mass is 32.2. The molecule has 1 amide bonds. The molecule has 0 spiro atoms. The number of aryl methyl sites for hydroxylation is 1. The van der Waals surface area contributed by atoms with Crippen LogP contribution in [0, 0.1) is 0 Å². The third-order valence-electron chi connectivity index (χ3n) is 3.40. The van der Waals surface area contributed by atoms with Crippen LogP contribution in [-0.4, -0.2) is 51.4 Å². The average molecular weight is 336 g/mol. The lowest BCUT2D eigenvalue weighted by Gasteiger charge is -2.16. The molecule has 0 aromatic carbocycles. The third kappa shape index (κ3) is 3.95. The van der Waals surface area contributed by atoms with Gasteiger partial charge in [-0.2, -0.15) is 16.9 Å². The van der Waals surface area contributed by atoms with Gasteiger partial charge in [0.1, 0.15) is 17.4 Å². The van der Waals surface area contributed by atoms with Crippen LogP contribution in [0.4, 0.5) is 0 Å². The van der Waals surface area contributed by atoms with Crippen LogP contribution in [0.2, 0.25) is 0 Å². The standard InChI is InChI=1S/C15H20N4O3S/c1-18-14(19-7-4-5-8-19)11(10-16-18)13(20)17-12(6-9-23-3)15(21)22-2/h4-5,7-8,10,12H,6,9H2,1-3H3,(H,17,20). The molecule has 7 nitrogen and oxygen atoms in total. The summed E-state index contributed by atoms with van der Waals surface area (Å²) in [6.45, 7) is 0. The number of hydrogen-bond acceptors (Lipinski definition) is 5. The van der Waals surface area contributed by atoms with Crippen molar-refractivity contribution < 1.29 is 14.3 Å². The van der Waals surface area contributed by atoms with E-state index in [1.54, 1.807) is 28.1 Å². The van der Waals surface area contributed by atoms with Gasteiger partial charge in [-0.05, 0) is 30.6 Å². The molecule has 0 aliphatic carbocycles. The van der Waals surface area contributed by atoms with Gasteiger partial charge in [0.25, 0.3) is 5.91 Å². The topological polar surface area (TPSA) is 78.2 Å². The summed E-state index contributed by atoms with van der Waals surface area (Å²) in [5.74, 6) is 0.593. The number of nitrogens with zero attached hydrogens (tertiary/aromatic N) is 3. The Hall–Kier alpha value is -2.22. The SMILES string of the molecule is COC(=O)C(CCSC)NC(=O)c1cnn(C)c1-n1cccc1. The lowest BCUT2D eigenvalue weighted by Crippen LogP contribution is -2.42. The van der Waals surface area contributed by atoms with Crippen molar-refractivity contribution in [2.75, 3.05) is 19.1 Å². The maximum atomic E-state index is 12.6. The molecule has 0 saturated carbocycles. The van der Waals surface area contributed by atoms with Crippen LogP contribution in [-0.2, 0) is 16.6 Å². The van der Waals surface area contributed by atoms with Gasteiger partial charge in [0, 0.05) is 19.4 Å². The number of aromatic nitrogens is 3. The van der Waals surface area contributed by atoms with E-state index >= 15 is 0 Å². The molecule has 1 atom stereocenters. The number of thioether (sulfide) groups is 1. The minimum atomic E-state index is -0.669. The highest BCUT2D eigenvalue weighted by Crippen LogP contribution is 2.14. The highest BCUT2D eigenvalue weighted by Gasteiger charge is 2.24. The molecule has 124 valence electrons. The molecule has 2 heterocycles. The fourth-order valence-corrected chi connectivity index (χ4v) is 2.71. The predicted octanol–water partition coefficient (Wildman–Crippen LogP) is 1.24. The molecular formula is C15H20N4O3S. The molecule has 1 N–H and O–H groups in total. The lowest BCUT2D eigenvalue weighted by atomic mass is 10.2. The number of hydrogen-bond donors (Lipinski definition) is 1. The minimum Gasteiger partial charge on any atom is -0.467 e. The summed E-state index contributed by atoms with van der Waals surface area (Å²) in [6.07, 6.45) is 7.62. The van der Waals surface area contributed by atoms with E-state index < -0.39 is 12.0 Å². The molecule has 0 aliphatic rings. The average Bonchev–Trinajstić information content (AvgIpc) is 3.19. The molecule has 2 rings (SSSR count). The van der Waals surface area contributed by atoms with E-state index in [0.29, 0.717) is 17.8 Å². The zero-order chi connectivity index (χ0) is 16.8. The summed E-state index contributed by atoms with van der Waals surface area (Å²) in [6, 6.07) is 3.06. The van der Waals surface area contributed by atoms with Crippen molar-refractivity contribution in [1.29, 1.82) is 0 Å². The Morgan fingerprint density at radius 2 is 2.09 bits per heavy atom. The van der Waals surface area contributed by atoms with Gasteiger partial charge in [-0.3, -0.25) is 9.48 Å². The van der Waals surface area contributed by atoms with Crippen LogP contribution in [0.25, 0.3) is 5.82 Å². The Kier molecular flexibility index (Phi) is 5.86. The van der Waals surface area contributed by atoms with Crippen molar-refractivity contribution in [2.45, 2.75) is 12.5 Å². The van der Waals surface area contributed by atoms with E-state index in [-0.39, 0.29) is 5.91 Å². The van der Waals surface area contributed by atoms with Gasteiger partial charge in [0.05, 0.1) is 13.3 Å². The molecule has 2 aromatic heterocycles. The number of carbonyl (C=O) groups is 2. The van der Waals surface area contributed by atoms with Crippen LogP contribution in [0.5, 0.6) is 0 Å². The fourth-order valence-electron chi connectivity index (χ4n) is 2.24. The van der Waals surface area contributed by atoms with E-state index in [2.05, 4.69) is 10.4 Å². The van der Waals surface area contributed by atoms with Crippen LogP contribution < -0.4 is 5.32 Å². The first-order valence-electron chi connectivity index (χ1n) is 7.11. The van der Waals surface area contributed by atoms with Gasteiger partial charge < -0.3 is 14.6 Å². The molecule has 23 heavy (non-hydrogen) atoms. The zero-order valence-corrected chi connectivity index (χ0v) is 14.2. The normalized spacial score (nSPS) is 12.0. The van der Waals surface area contributed by atoms with Gasteiger partial charge in [-0.1, -0.05) is 0 Å². The largest absolute Gasteiger partial charge is 0.467 e. The first kappa shape index (κ1) is 17.1. The van der Waals surface area contributed by atoms with Gasteiger partial charge in [-0.25, -0.2) is 4.79 Å². The van der Waals surface area contributed by atoms with Crippen molar-refractivity contribution in [3.05, 3.63) is 36.3 Å². The summed E-state index contributed by atoms with van der Waals surface area (Å²) >= 11 is 1.61. The summed E-state index contributed by atoms with van der Waals surface area (Å²) in [5, 5.41) is 6.88. The Labute approximate surface area is 139 Å². The molecule has 0 radical (unpaired) electrons. The van der Waals surface area contributed by atoms with Crippen molar-refractivity contribution in [3.8, 4) is 5.82 Å². The van der Waals surface area contributed by atoms with E-state index in [1.807, 2.05) is 30.8 Å². The van der Waals surface area contributed by atoms with E-state index in [9.17, 15) is 9.59 Å². The molecule has 0 aliphatic heterocycles. The van der Waals surface area contributed by atoms with Crippen molar-refractivity contribution in [2.24, 2.45) is 7.05 Å². The molecule has 0 saturated heterocycles. The highest BCUT2D eigenvalue weighted by molar-refractivity contribution is 7.98. The van der Waals surface area contributed by atoms with Crippen molar-refractivity contribution in [3.63, 3.8) is 0 Å². The Morgan fingerprint density at radius 1 is 1.39 bits per heavy atom. The lowest BCUT2D eigenvalue weighted by molar-refractivity contribution is -0.142. The number of carbonyl (C=O) groups excluding carboxylic acids is 2. The van der Waals surface area contributed by atoms with E-state index in [0.717, 1.165) is 5.75 Å². The van der Waals surface area contributed by atoms with E-state index in [4.69, 9.17) is 4.74 Å². The first-order chi connectivity index (χ1) is 11.1. The van der Waals surface area contributed by atoms with Crippen molar-refractivity contribution >= 4 is 23.6 Å². The third-order valence-corrected chi connectivity index (χ3v) is 4.05. The summed E-state index contributed by atoms with van der Waals surface area (Å²) in [4.78, 5) is 24.4. The second kappa shape index (κ2) is 7.87. The zero-order valence-electron chi connectivity index (χ0n) is 13.4. The van der Waals surface area contributed by atoms with Crippen LogP contribution in [0.3, 0.4) is 0 Å². The second-order valence-corrected chi connectivity index (χ2v) is 5.91. The van der Waals surface area contributed by atoms with Gasteiger partial charge in [0.2, 0.25) is 0 Å². The number of nitrogens with one attached hydrogen (secondary N) is 1. The summed E-state index contributed by atoms with van der Waals surface area (Å²) in [5.41, 5.74) is 0.404. The summed E-state index contributed by atoms with van der Waals surface area (Å²) in [7, 11) is 3.08. The Bertz CT molecular complexity index is 666. The Balaban J connectivity index is 2.21. The van der Waals surface area contributed by atoms with Crippen LogP contribution >= 0.6 is 11.8 Å². The molecule has 2 aromatic rings. The number of ether oxygens (including phenoxy) is 1. The smallest absolute Gasteiger partial charge is 0.328 e. The van der Waals surface area contributed by atoms with E-state index in [1.165, 1.54) is 13.3 Å². The second-order valence-electron chi connectivity index (χ2n) is 4.93. The predicted molar refractivity (Wildman–Crippen MR) is 88.8 cm³/mol. The van der Waals surface area contributed by atoms with Gasteiger partial charge in [-0.15, -0.1) is 0 Å². The number of rotatable bonds is 7. The molecule has 0 fully saturated rings. The fraction of sp³-hybridized carbons (Fsp3) is 0.400.